The standard InChI is InChI=1S/C15H26O5/c1-11(2)10-15(4,5)20-8-7-19-14(17)12(3)9-13(16)18-6/h11H,3,7-10H2,1-2,4-6H3. The molecule has 5 heteroatoms. The molecule has 0 saturated carbocycles. The van der Waals surface area contributed by atoms with E-state index < -0.39 is 11.9 Å². The van der Waals surface area contributed by atoms with Crippen LogP contribution in [0.4, 0.5) is 0 Å². The van der Waals surface area contributed by atoms with Crippen LogP contribution in [0, 0.1) is 5.92 Å². The number of ether oxygens (including phenoxy) is 3. The third-order valence-electron chi connectivity index (χ3n) is 2.58. The van der Waals surface area contributed by atoms with Crippen LogP contribution in [0.5, 0.6) is 0 Å². The summed E-state index contributed by atoms with van der Waals surface area (Å²) in [5.41, 5.74) is -0.165. The van der Waals surface area contributed by atoms with Gasteiger partial charge in [0, 0.05) is 5.57 Å². The van der Waals surface area contributed by atoms with E-state index in [1.54, 1.807) is 0 Å². The molecule has 0 radical (unpaired) electrons. The lowest BCUT2D eigenvalue weighted by atomic mass is 9.96. The first-order valence-electron chi connectivity index (χ1n) is 6.73. The zero-order valence-corrected chi connectivity index (χ0v) is 13.2. The number of esters is 2. The molecule has 0 rings (SSSR count). The fourth-order valence-corrected chi connectivity index (χ4v) is 1.92. The summed E-state index contributed by atoms with van der Waals surface area (Å²) in [6, 6.07) is 0. The second-order valence-electron chi connectivity index (χ2n) is 5.70. The Morgan fingerprint density at radius 3 is 2.30 bits per heavy atom. The highest BCUT2D eigenvalue weighted by atomic mass is 16.6. The zero-order chi connectivity index (χ0) is 15.8. The van der Waals surface area contributed by atoms with Crippen molar-refractivity contribution in [3.63, 3.8) is 0 Å². The van der Waals surface area contributed by atoms with E-state index in [1.165, 1.54) is 7.11 Å². The van der Waals surface area contributed by atoms with Crippen molar-refractivity contribution in [2.24, 2.45) is 5.92 Å². The van der Waals surface area contributed by atoms with Crippen molar-refractivity contribution in [1.82, 2.24) is 0 Å². The number of hydrogen-bond donors (Lipinski definition) is 0. The molecular formula is C15H26O5. The van der Waals surface area contributed by atoms with Crippen LogP contribution >= 0.6 is 0 Å². The van der Waals surface area contributed by atoms with E-state index in [1.807, 2.05) is 13.8 Å². The van der Waals surface area contributed by atoms with Crippen LogP contribution in [0.15, 0.2) is 12.2 Å². The van der Waals surface area contributed by atoms with Gasteiger partial charge in [0.05, 0.1) is 25.7 Å². The average molecular weight is 286 g/mol. The lowest BCUT2D eigenvalue weighted by Crippen LogP contribution is -2.28. The van der Waals surface area contributed by atoms with Gasteiger partial charge in [-0.1, -0.05) is 20.4 Å². The molecular weight excluding hydrogens is 260 g/mol. The van der Waals surface area contributed by atoms with E-state index in [-0.39, 0.29) is 24.2 Å². The van der Waals surface area contributed by atoms with E-state index in [0.29, 0.717) is 12.5 Å². The van der Waals surface area contributed by atoms with Crippen molar-refractivity contribution in [2.45, 2.75) is 46.1 Å². The molecule has 0 aromatic heterocycles. The van der Waals surface area contributed by atoms with Gasteiger partial charge in [-0.25, -0.2) is 4.79 Å². The minimum Gasteiger partial charge on any atom is -0.469 e. The molecule has 116 valence electrons. The van der Waals surface area contributed by atoms with Crippen LogP contribution < -0.4 is 0 Å². The van der Waals surface area contributed by atoms with Crippen molar-refractivity contribution in [2.75, 3.05) is 20.3 Å². The number of carbonyl (C=O) groups excluding carboxylic acids is 2. The first-order valence-corrected chi connectivity index (χ1v) is 6.73. The van der Waals surface area contributed by atoms with Gasteiger partial charge in [-0.15, -0.1) is 0 Å². The minimum absolute atomic E-state index is 0.0818. The normalized spacial score (nSPS) is 11.3. The predicted molar refractivity (Wildman–Crippen MR) is 76.2 cm³/mol. The van der Waals surface area contributed by atoms with E-state index >= 15 is 0 Å². The quantitative estimate of drug-likeness (QED) is 0.370. The van der Waals surface area contributed by atoms with Crippen LogP contribution in [-0.2, 0) is 23.8 Å². The maximum absolute atomic E-state index is 11.5. The van der Waals surface area contributed by atoms with E-state index in [9.17, 15) is 9.59 Å². The number of carbonyl (C=O) groups is 2. The van der Waals surface area contributed by atoms with Crippen LogP contribution in [0.2, 0.25) is 0 Å². The van der Waals surface area contributed by atoms with Crippen molar-refractivity contribution in [1.29, 1.82) is 0 Å². The topological polar surface area (TPSA) is 61.8 Å². The van der Waals surface area contributed by atoms with Gasteiger partial charge in [0.25, 0.3) is 0 Å². The predicted octanol–water partition coefficient (Wildman–Crippen LogP) is 2.49. The first-order chi connectivity index (χ1) is 9.18. The highest BCUT2D eigenvalue weighted by Crippen LogP contribution is 2.19. The Kier molecular flexibility index (Phi) is 8.15. The zero-order valence-electron chi connectivity index (χ0n) is 13.2. The van der Waals surface area contributed by atoms with E-state index in [0.717, 1.165) is 6.42 Å². The third kappa shape index (κ3) is 8.69. The highest BCUT2D eigenvalue weighted by molar-refractivity contribution is 5.93. The second kappa shape index (κ2) is 8.74. The minimum atomic E-state index is -0.597. The SMILES string of the molecule is C=C(CC(=O)OC)C(=O)OCCOC(C)(C)CC(C)C. The Bertz CT molecular complexity index is 344. The Labute approximate surface area is 121 Å². The van der Waals surface area contributed by atoms with Crippen LogP contribution in [0.25, 0.3) is 0 Å². The summed E-state index contributed by atoms with van der Waals surface area (Å²) in [5.74, 6) is -0.575. The lowest BCUT2D eigenvalue weighted by molar-refractivity contribution is -0.146. The summed E-state index contributed by atoms with van der Waals surface area (Å²) in [7, 11) is 1.26. The molecule has 0 N–H and O–H groups in total. The van der Waals surface area contributed by atoms with Gasteiger partial charge in [-0.3, -0.25) is 4.79 Å². The summed E-state index contributed by atoms with van der Waals surface area (Å²) in [4.78, 5) is 22.5. The fourth-order valence-electron chi connectivity index (χ4n) is 1.92. The molecule has 0 atom stereocenters. The van der Waals surface area contributed by atoms with Gasteiger partial charge >= 0.3 is 11.9 Å². The van der Waals surface area contributed by atoms with Crippen LogP contribution in [-0.4, -0.2) is 37.9 Å². The summed E-state index contributed by atoms with van der Waals surface area (Å²) < 4.78 is 15.1. The molecule has 0 fully saturated rings. The van der Waals surface area contributed by atoms with Gasteiger partial charge in [-0.2, -0.15) is 0 Å². The van der Waals surface area contributed by atoms with Gasteiger partial charge in [-0.05, 0) is 26.2 Å². The summed E-state index contributed by atoms with van der Waals surface area (Å²) in [6.45, 7) is 12.2. The monoisotopic (exact) mass is 286 g/mol. The molecule has 0 spiro atoms. The Balaban J connectivity index is 3.92. The van der Waals surface area contributed by atoms with Gasteiger partial charge in [0.15, 0.2) is 0 Å². The molecule has 0 amide bonds. The molecule has 0 aromatic rings. The third-order valence-corrected chi connectivity index (χ3v) is 2.58. The molecule has 0 saturated heterocycles. The van der Waals surface area contributed by atoms with Gasteiger partial charge in [0.1, 0.15) is 6.61 Å². The first kappa shape index (κ1) is 18.6. The Morgan fingerprint density at radius 1 is 1.20 bits per heavy atom. The lowest BCUT2D eigenvalue weighted by Gasteiger charge is -2.27. The van der Waals surface area contributed by atoms with E-state index in [2.05, 4.69) is 25.2 Å². The van der Waals surface area contributed by atoms with Gasteiger partial charge in [0.2, 0.25) is 0 Å². The number of hydrogen-bond acceptors (Lipinski definition) is 5. The Morgan fingerprint density at radius 2 is 1.80 bits per heavy atom. The number of methoxy groups -OCH3 is 1. The van der Waals surface area contributed by atoms with E-state index in [4.69, 9.17) is 9.47 Å². The molecule has 20 heavy (non-hydrogen) atoms. The molecule has 0 aliphatic carbocycles. The maximum Gasteiger partial charge on any atom is 0.334 e. The largest absolute Gasteiger partial charge is 0.469 e. The number of rotatable bonds is 9. The van der Waals surface area contributed by atoms with Crippen LogP contribution in [0.3, 0.4) is 0 Å². The molecule has 0 aromatic carbocycles. The summed E-state index contributed by atoms with van der Waals surface area (Å²) >= 11 is 0. The summed E-state index contributed by atoms with van der Waals surface area (Å²) in [5, 5.41) is 0. The van der Waals surface area contributed by atoms with Crippen molar-refractivity contribution >= 4 is 11.9 Å². The second-order valence-corrected chi connectivity index (χ2v) is 5.70. The molecule has 5 nitrogen and oxygen atoms in total. The smallest absolute Gasteiger partial charge is 0.334 e. The molecule has 0 heterocycles. The van der Waals surface area contributed by atoms with Crippen molar-refractivity contribution < 1.29 is 23.8 Å². The Hall–Kier alpha value is -1.36. The summed E-state index contributed by atoms with van der Waals surface area (Å²) in [6.07, 6.45) is 0.769. The maximum atomic E-state index is 11.5. The average Bonchev–Trinajstić information content (AvgIpc) is 2.32. The molecule has 0 bridgehead atoms. The fraction of sp³-hybridized carbons (Fsp3) is 0.733. The van der Waals surface area contributed by atoms with Crippen LogP contribution in [0.1, 0.15) is 40.5 Å². The molecule has 0 unspecified atom stereocenters. The van der Waals surface area contributed by atoms with Gasteiger partial charge < -0.3 is 14.2 Å². The molecule has 0 aliphatic heterocycles. The highest BCUT2D eigenvalue weighted by Gasteiger charge is 2.20. The molecule has 0 aliphatic rings. The van der Waals surface area contributed by atoms with Crippen molar-refractivity contribution in [3.8, 4) is 0 Å². The van der Waals surface area contributed by atoms with Crippen molar-refractivity contribution in [3.05, 3.63) is 12.2 Å².